The summed E-state index contributed by atoms with van der Waals surface area (Å²) in [7, 11) is 0. The molecule has 3 heteroatoms. The first-order valence-electron chi connectivity index (χ1n) is 5.72. The van der Waals surface area contributed by atoms with E-state index in [1.54, 1.807) is 0 Å². The third-order valence-corrected chi connectivity index (χ3v) is 3.90. The number of halogens is 1. The maximum Gasteiger partial charge on any atom is 0.228 e. The SMILES string of the molecule is NC(=O)C1(c2ccccc2Cl)CCCCC1. The van der Waals surface area contributed by atoms with Gasteiger partial charge in [-0.25, -0.2) is 0 Å². The van der Waals surface area contributed by atoms with Crippen LogP contribution < -0.4 is 5.73 Å². The fraction of sp³-hybridized carbons (Fsp3) is 0.462. The van der Waals surface area contributed by atoms with Crippen LogP contribution in [-0.2, 0) is 10.2 Å². The number of hydrogen-bond acceptors (Lipinski definition) is 1. The average molecular weight is 238 g/mol. The van der Waals surface area contributed by atoms with E-state index >= 15 is 0 Å². The van der Waals surface area contributed by atoms with E-state index in [4.69, 9.17) is 17.3 Å². The lowest BCUT2D eigenvalue weighted by atomic mass is 9.69. The molecule has 0 aliphatic heterocycles. The summed E-state index contributed by atoms with van der Waals surface area (Å²) in [5, 5.41) is 0.656. The molecule has 0 saturated heterocycles. The molecule has 1 aliphatic rings. The zero-order valence-electron chi connectivity index (χ0n) is 9.21. The van der Waals surface area contributed by atoms with Crippen LogP contribution in [0.5, 0.6) is 0 Å². The minimum Gasteiger partial charge on any atom is -0.369 e. The van der Waals surface area contributed by atoms with Crippen molar-refractivity contribution < 1.29 is 4.79 Å². The number of primary amides is 1. The first-order valence-corrected chi connectivity index (χ1v) is 6.09. The fourth-order valence-corrected chi connectivity index (χ4v) is 2.97. The van der Waals surface area contributed by atoms with Crippen LogP contribution in [0.25, 0.3) is 0 Å². The van der Waals surface area contributed by atoms with E-state index in [-0.39, 0.29) is 5.91 Å². The van der Waals surface area contributed by atoms with Crippen LogP contribution in [0.1, 0.15) is 37.7 Å². The van der Waals surface area contributed by atoms with Gasteiger partial charge in [-0.05, 0) is 24.5 Å². The van der Waals surface area contributed by atoms with Crippen molar-refractivity contribution in [3.05, 3.63) is 34.9 Å². The van der Waals surface area contributed by atoms with Gasteiger partial charge in [-0.15, -0.1) is 0 Å². The summed E-state index contributed by atoms with van der Waals surface area (Å²) < 4.78 is 0. The van der Waals surface area contributed by atoms with Gasteiger partial charge in [0.25, 0.3) is 0 Å². The van der Waals surface area contributed by atoms with Crippen molar-refractivity contribution in [2.75, 3.05) is 0 Å². The fourth-order valence-electron chi connectivity index (χ4n) is 2.65. The Morgan fingerprint density at radius 2 is 1.81 bits per heavy atom. The molecule has 0 unspecified atom stereocenters. The van der Waals surface area contributed by atoms with E-state index < -0.39 is 5.41 Å². The van der Waals surface area contributed by atoms with Gasteiger partial charge >= 0.3 is 0 Å². The van der Waals surface area contributed by atoms with Gasteiger partial charge in [0.05, 0.1) is 5.41 Å². The lowest BCUT2D eigenvalue weighted by Gasteiger charge is -2.35. The van der Waals surface area contributed by atoms with Gasteiger partial charge in [-0.2, -0.15) is 0 Å². The van der Waals surface area contributed by atoms with Gasteiger partial charge in [0.15, 0.2) is 0 Å². The highest BCUT2D eigenvalue weighted by Gasteiger charge is 2.40. The highest BCUT2D eigenvalue weighted by Crippen LogP contribution is 2.41. The molecule has 0 radical (unpaired) electrons. The van der Waals surface area contributed by atoms with E-state index in [1.807, 2.05) is 24.3 Å². The Balaban J connectivity index is 2.47. The number of nitrogens with two attached hydrogens (primary N) is 1. The van der Waals surface area contributed by atoms with Crippen LogP contribution >= 0.6 is 11.6 Å². The Hall–Kier alpha value is -1.02. The standard InChI is InChI=1S/C13H16ClNO/c14-11-7-3-2-6-10(11)13(12(15)16)8-4-1-5-9-13/h2-3,6-7H,1,4-5,8-9H2,(H2,15,16). The van der Waals surface area contributed by atoms with Crippen molar-refractivity contribution in [3.8, 4) is 0 Å². The first-order chi connectivity index (χ1) is 7.67. The molecule has 0 heterocycles. The van der Waals surface area contributed by atoms with Gasteiger partial charge in [0.1, 0.15) is 0 Å². The summed E-state index contributed by atoms with van der Waals surface area (Å²) >= 11 is 6.18. The predicted octanol–water partition coefficient (Wildman–Crippen LogP) is 3.03. The Kier molecular flexibility index (Phi) is 3.20. The van der Waals surface area contributed by atoms with Crippen molar-refractivity contribution in [1.29, 1.82) is 0 Å². The molecule has 2 rings (SSSR count). The molecule has 0 aromatic heterocycles. The van der Waals surface area contributed by atoms with Crippen LogP contribution in [-0.4, -0.2) is 5.91 Å². The van der Waals surface area contributed by atoms with Gasteiger partial charge in [0.2, 0.25) is 5.91 Å². The number of carbonyl (C=O) groups is 1. The molecule has 1 aromatic carbocycles. The summed E-state index contributed by atoms with van der Waals surface area (Å²) in [6.07, 6.45) is 4.93. The van der Waals surface area contributed by atoms with Gasteiger partial charge < -0.3 is 5.73 Å². The van der Waals surface area contributed by atoms with Crippen molar-refractivity contribution in [1.82, 2.24) is 0 Å². The molecule has 1 aliphatic carbocycles. The molecule has 0 spiro atoms. The minimum atomic E-state index is -0.531. The molecule has 16 heavy (non-hydrogen) atoms. The number of amides is 1. The van der Waals surface area contributed by atoms with Gasteiger partial charge in [-0.1, -0.05) is 49.1 Å². The summed E-state index contributed by atoms with van der Waals surface area (Å²) in [5.74, 6) is -0.236. The first kappa shape index (κ1) is 11.5. The Morgan fingerprint density at radius 1 is 1.19 bits per heavy atom. The van der Waals surface area contributed by atoms with Gasteiger partial charge in [-0.3, -0.25) is 4.79 Å². The van der Waals surface area contributed by atoms with E-state index in [0.29, 0.717) is 5.02 Å². The van der Waals surface area contributed by atoms with E-state index in [0.717, 1.165) is 31.2 Å². The maximum atomic E-state index is 11.8. The Morgan fingerprint density at radius 3 is 2.38 bits per heavy atom. The number of hydrogen-bond donors (Lipinski definition) is 1. The molecule has 1 aromatic rings. The van der Waals surface area contributed by atoms with Crippen LogP contribution in [0.15, 0.2) is 24.3 Å². The van der Waals surface area contributed by atoms with E-state index in [2.05, 4.69) is 0 Å². The average Bonchev–Trinajstić information content (AvgIpc) is 2.30. The topological polar surface area (TPSA) is 43.1 Å². The summed E-state index contributed by atoms with van der Waals surface area (Å²) in [6.45, 7) is 0. The van der Waals surface area contributed by atoms with Crippen molar-refractivity contribution in [2.24, 2.45) is 5.73 Å². The smallest absolute Gasteiger partial charge is 0.228 e. The second kappa shape index (κ2) is 4.46. The van der Waals surface area contributed by atoms with E-state index in [1.165, 1.54) is 6.42 Å². The molecular weight excluding hydrogens is 222 g/mol. The third kappa shape index (κ3) is 1.82. The second-order valence-electron chi connectivity index (χ2n) is 4.49. The molecule has 0 bridgehead atoms. The normalized spacial score (nSPS) is 19.3. The van der Waals surface area contributed by atoms with Gasteiger partial charge in [0, 0.05) is 5.02 Å². The molecule has 1 amide bonds. The molecule has 86 valence electrons. The molecule has 0 atom stereocenters. The Labute approximate surface area is 101 Å². The lowest BCUT2D eigenvalue weighted by Crippen LogP contribution is -2.43. The molecule has 1 fully saturated rings. The largest absolute Gasteiger partial charge is 0.369 e. The van der Waals surface area contributed by atoms with Crippen LogP contribution in [0.2, 0.25) is 5.02 Å². The Bertz CT molecular complexity index is 397. The molecule has 1 saturated carbocycles. The van der Waals surface area contributed by atoms with Crippen molar-refractivity contribution in [2.45, 2.75) is 37.5 Å². The lowest BCUT2D eigenvalue weighted by molar-refractivity contribution is -0.124. The number of benzene rings is 1. The minimum absolute atomic E-state index is 0.236. The van der Waals surface area contributed by atoms with Crippen molar-refractivity contribution in [3.63, 3.8) is 0 Å². The van der Waals surface area contributed by atoms with Crippen LogP contribution in [0.4, 0.5) is 0 Å². The zero-order valence-corrected chi connectivity index (χ0v) is 9.96. The van der Waals surface area contributed by atoms with Crippen LogP contribution in [0.3, 0.4) is 0 Å². The zero-order chi connectivity index (χ0) is 11.6. The second-order valence-corrected chi connectivity index (χ2v) is 4.89. The van der Waals surface area contributed by atoms with Crippen LogP contribution in [0, 0.1) is 0 Å². The predicted molar refractivity (Wildman–Crippen MR) is 65.4 cm³/mol. The third-order valence-electron chi connectivity index (χ3n) is 3.57. The number of carbonyl (C=O) groups excluding carboxylic acids is 1. The summed E-state index contributed by atoms with van der Waals surface area (Å²) in [6, 6.07) is 7.55. The summed E-state index contributed by atoms with van der Waals surface area (Å²) in [5.41, 5.74) is 5.98. The highest BCUT2D eigenvalue weighted by molar-refractivity contribution is 6.31. The quantitative estimate of drug-likeness (QED) is 0.844. The molecular formula is C13H16ClNO. The molecule has 2 nitrogen and oxygen atoms in total. The highest BCUT2D eigenvalue weighted by atomic mass is 35.5. The monoisotopic (exact) mass is 237 g/mol. The summed E-state index contributed by atoms with van der Waals surface area (Å²) in [4.78, 5) is 11.8. The maximum absolute atomic E-state index is 11.8. The molecule has 2 N–H and O–H groups in total. The number of rotatable bonds is 2. The van der Waals surface area contributed by atoms with Crippen molar-refractivity contribution >= 4 is 17.5 Å². The van der Waals surface area contributed by atoms with E-state index in [9.17, 15) is 4.79 Å².